The summed E-state index contributed by atoms with van der Waals surface area (Å²) >= 11 is 0. The third-order valence-electron chi connectivity index (χ3n) is 1.57. The first-order chi connectivity index (χ1) is 7.90. The molecule has 0 aromatic heterocycles. The normalized spacial score (nSPS) is 12.3. The van der Waals surface area contributed by atoms with Crippen LogP contribution in [0.2, 0.25) is 0 Å². The zero-order valence-corrected chi connectivity index (χ0v) is 8.44. The van der Waals surface area contributed by atoms with Gasteiger partial charge in [0.05, 0.1) is 0 Å². The molecule has 0 aliphatic carbocycles. The highest BCUT2D eigenvalue weighted by atomic mass is 19.4. The van der Waals surface area contributed by atoms with Crippen LogP contribution in [0.1, 0.15) is 0 Å². The highest BCUT2D eigenvalue weighted by Gasteiger charge is 2.30. The van der Waals surface area contributed by atoms with E-state index in [9.17, 15) is 13.2 Å². The summed E-state index contributed by atoms with van der Waals surface area (Å²) in [4.78, 5) is 0. The van der Waals surface area contributed by atoms with Gasteiger partial charge < -0.3 is 20.4 Å². The van der Waals surface area contributed by atoms with Crippen LogP contribution in [-0.2, 0) is 0 Å². The summed E-state index contributed by atoms with van der Waals surface area (Å²) in [6, 6.07) is 4.72. The van der Waals surface area contributed by atoms with Gasteiger partial charge in [0.1, 0.15) is 18.1 Å². The van der Waals surface area contributed by atoms with Crippen LogP contribution in [0, 0.1) is 0 Å². The maximum Gasteiger partial charge on any atom is 0.573 e. The average molecular weight is 250 g/mol. The molecule has 0 saturated heterocycles. The summed E-state index contributed by atoms with van der Waals surface area (Å²) in [7, 11) is 0. The van der Waals surface area contributed by atoms with Gasteiger partial charge in [0.2, 0.25) is 0 Å². The van der Waals surface area contributed by atoms with Crippen molar-refractivity contribution in [1.82, 2.24) is 0 Å². The Morgan fingerprint density at radius 2 is 1.76 bits per heavy atom. The van der Waals surface area contributed by atoms with E-state index in [0.29, 0.717) is 0 Å². The molecular weight excluding hydrogens is 241 g/mol. The van der Waals surface area contributed by atoms with Crippen LogP contribution in [0.15, 0.2) is 29.4 Å². The fraction of sp³-hybridized carbons (Fsp3) is 0.222. The Morgan fingerprint density at radius 1 is 1.24 bits per heavy atom. The lowest BCUT2D eigenvalue weighted by Gasteiger charge is -2.09. The van der Waals surface area contributed by atoms with Crippen LogP contribution < -0.4 is 15.2 Å². The van der Waals surface area contributed by atoms with Crippen molar-refractivity contribution in [1.29, 1.82) is 0 Å². The van der Waals surface area contributed by atoms with E-state index in [1.54, 1.807) is 0 Å². The number of nitrogens with zero attached hydrogens (tertiary/aromatic N) is 1. The second kappa shape index (κ2) is 5.28. The van der Waals surface area contributed by atoms with Gasteiger partial charge in [-0.05, 0) is 24.3 Å². The summed E-state index contributed by atoms with van der Waals surface area (Å²) in [5, 5.41) is 10.9. The molecule has 0 radical (unpaired) electrons. The van der Waals surface area contributed by atoms with Crippen LogP contribution in [0.3, 0.4) is 0 Å². The van der Waals surface area contributed by atoms with Crippen molar-refractivity contribution in [2.24, 2.45) is 10.9 Å². The van der Waals surface area contributed by atoms with E-state index < -0.39 is 6.36 Å². The van der Waals surface area contributed by atoms with Gasteiger partial charge in [-0.1, -0.05) is 5.16 Å². The summed E-state index contributed by atoms with van der Waals surface area (Å²) < 4.78 is 44.1. The first-order valence-corrected chi connectivity index (χ1v) is 4.36. The Labute approximate surface area is 94.2 Å². The number of halogens is 3. The maximum atomic E-state index is 11.8. The number of hydrogen-bond acceptors (Lipinski definition) is 4. The van der Waals surface area contributed by atoms with Gasteiger partial charge >= 0.3 is 6.36 Å². The molecule has 0 heterocycles. The van der Waals surface area contributed by atoms with Gasteiger partial charge in [0, 0.05) is 0 Å². The number of oxime groups is 1. The molecule has 0 aliphatic rings. The predicted octanol–water partition coefficient (Wildman–Crippen LogP) is 1.71. The Hall–Kier alpha value is -2.12. The minimum absolute atomic E-state index is 0.152. The van der Waals surface area contributed by atoms with Crippen molar-refractivity contribution in [2.75, 3.05) is 6.61 Å². The number of benzene rings is 1. The number of nitrogens with two attached hydrogens (primary N) is 1. The molecule has 1 aromatic rings. The Bertz CT molecular complexity index is 389. The van der Waals surface area contributed by atoms with E-state index in [1.165, 1.54) is 12.1 Å². The van der Waals surface area contributed by atoms with Gasteiger partial charge in [0.15, 0.2) is 5.84 Å². The Balaban J connectivity index is 2.56. The van der Waals surface area contributed by atoms with E-state index in [0.717, 1.165) is 12.1 Å². The summed E-state index contributed by atoms with van der Waals surface area (Å²) in [6.45, 7) is -0.171. The molecule has 0 amide bonds. The monoisotopic (exact) mass is 250 g/mol. The van der Waals surface area contributed by atoms with E-state index in [4.69, 9.17) is 15.7 Å². The molecular formula is C9H9F3N2O3. The molecule has 0 atom stereocenters. The number of alkyl halides is 3. The van der Waals surface area contributed by atoms with Gasteiger partial charge in [-0.2, -0.15) is 0 Å². The molecule has 8 heteroatoms. The topological polar surface area (TPSA) is 77.1 Å². The van der Waals surface area contributed by atoms with Crippen molar-refractivity contribution < 1.29 is 27.9 Å². The third-order valence-corrected chi connectivity index (χ3v) is 1.57. The first-order valence-electron chi connectivity index (χ1n) is 4.36. The van der Waals surface area contributed by atoms with Crippen LogP contribution in [0.4, 0.5) is 13.2 Å². The SMILES string of the molecule is N/C(COc1ccc(OC(F)(F)F)cc1)=N/O. The van der Waals surface area contributed by atoms with E-state index in [1.807, 2.05) is 0 Å². The van der Waals surface area contributed by atoms with E-state index in [2.05, 4.69) is 9.89 Å². The van der Waals surface area contributed by atoms with Crippen molar-refractivity contribution in [3.8, 4) is 11.5 Å². The fourth-order valence-electron chi connectivity index (χ4n) is 0.924. The van der Waals surface area contributed by atoms with Gasteiger partial charge in [-0.25, -0.2) is 0 Å². The van der Waals surface area contributed by atoms with Crippen molar-refractivity contribution in [2.45, 2.75) is 6.36 Å². The van der Waals surface area contributed by atoms with Gasteiger partial charge in [0.25, 0.3) is 0 Å². The molecule has 0 fully saturated rings. The highest BCUT2D eigenvalue weighted by molar-refractivity contribution is 5.81. The van der Waals surface area contributed by atoms with Crippen molar-refractivity contribution in [3.05, 3.63) is 24.3 Å². The highest BCUT2D eigenvalue weighted by Crippen LogP contribution is 2.24. The number of rotatable bonds is 4. The molecule has 0 unspecified atom stereocenters. The fourth-order valence-corrected chi connectivity index (χ4v) is 0.924. The van der Waals surface area contributed by atoms with Crippen LogP contribution >= 0.6 is 0 Å². The number of hydrogen-bond donors (Lipinski definition) is 2. The average Bonchev–Trinajstić information content (AvgIpc) is 2.25. The van der Waals surface area contributed by atoms with Gasteiger partial charge in [-0.3, -0.25) is 0 Å². The third kappa shape index (κ3) is 4.96. The zero-order valence-electron chi connectivity index (χ0n) is 8.44. The smallest absolute Gasteiger partial charge is 0.486 e. The summed E-state index contributed by atoms with van der Waals surface area (Å²) in [5.41, 5.74) is 5.14. The lowest BCUT2D eigenvalue weighted by atomic mass is 10.3. The molecule has 0 aliphatic heterocycles. The van der Waals surface area contributed by atoms with Crippen molar-refractivity contribution >= 4 is 5.84 Å². The van der Waals surface area contributed by atoms with Crippen LogP contribution in [-0.4, -0.2) is 24.0 Å². The quantitative estimate of drug-likeness (QED) is 0.369. The first kappa shape index (κ1) is 12.9. The van der Waals surface area contributed by atoms with E-state index in [-0.39, 0.29) is 23.9 Å². The number of ether oxygens (including phenoxy) is 2. The molecule has 0 bridgehead atoms. The predicted molar refractivity (Wildman–Crippen MR) is 52.0 cm³/mol. The zero-order chi connectivity index (χ0) is 12.9. The second-order valence-corrected chi connectivity index (χ2v) is 2.90. The molecule has 1 aromatic carbocycles. The van der Waals surface area contributed by atoms with E-state index >= 15 is 0 Å². The van der Waals surface area contributed by atoms with Gasteiger partial charge in [-0.15, -0.1) is 13.2 Å². The summed E-state index contributed by atoms with van der Waals surface area (Å²) in [5.74, 6) is -0.236. The molecule has 17 heavy (non-hydrogen) atoms. The largest absolute Gasteiger partial charge is 0.573 e. The van der Waals surface area contributed by atoms with Crippen LogP contribution in [0.25, 0.3) is 0 Å². The standard InChI is InChI=1S/C9H9F3N2O3/c10-9(11,12)17-7-3-1-6(2-4-7)16-5-8(13)14-15/h1-4,15H,5H2,(H2,13,14). The number of amidine groups is 1. The molecule has 0 spiro atoms. The summed E-state index contributed by atoms with van der Waals surface area (Å²) in [6.07, 6.45) is -4.73. The van der Waals surface area contributed by atoms with Crippen molar-refractivity contribution in [3.63, 3.8) is 0 Å². The molecule has 0 saturated carbocycles. The minimum atomic E-state index is -4.73. The molecule has 1 rings (SSSR count). The lowest BCUT2D eigenvalue weighted by molar-refractivity contribution is -0.274. The Morgan fingerprint density at radius 3 is 2.24 bits per heavy atom. The second-order valence-electron chi connectivity index (χ2n) is 2.90. The minimum Gasteiger partial charge on any atom is -0.486 e. The Kier molecular flexibility index (Phi) is 4.02. The van der Waals surface area contributed by atoms with Crippen LogP contribution in [0.5, 0.6) is 11.5 Å². The molecule has 5 nitrogen and oxygen atoms in total. The molecule has 94 valence electrons. The maximum absolute atomic E-state index is 11.8. The lowest BCUT2D eigenvalue weighted by Crippen LogP contribution is -2.20. The molecule has 3 N–H and O–H groups in total.